The molecule has 0 atom stereocenters. The summed E-state index contributed by atoms with van der Waals surface area (Å²) in [6.45, 7) is 8.92. The van der Waals surface area contributed by atoms with Gasteiger partial charge in [0.05, 0.1) is 17.9 Å². The van der Waals surface area contributed by atoms with Crippen molar-refractivity contribution in [3.05, 3.63) is 48.9 Å². The Balaban J connectivity index is 1.37. The normalized spacial score (nSPS) is 17.7. The zero-order valence-electron chi connectivity index (χ0n) is 20.2. The van der Waals surface area contributed by atoms with Crippen molar-refractivity contribution in [2.75, 3.05) is 11.9 Å². The number of hydrogen-bond donors (Lipinski definition) is 2. The van der Waals surface area contributed by atoms with E-state index in [0.29, 0.717) is 23.2 Å². The van der Waals surface area contributed by atoms with Crippen molar-refractivity contribution in [2.24, 2.45) is 0 Å². The number of nitrogens with zero attached hydrogens (tertiary/aromatic N) is 7. The second kappa shape index (κ2) is 8.02. The first kappa shape index (κ1) is 22.2. The van der Waals surface area contributed by atoms with E-state index < -0.39 is 0 Å². The van der Waals surface area contributed by atoms with Crippen molar-refractivity contribution in [1.82, 2.24) is 35.3 Å². The molecule has 0 spiro atoms. The molecule has 0 aliphatic carbocycles. The van der Waals surface area contributed by atoms with E-state index >= 15 is 0 Å². The summed E-state index contributed by atoms with van der Waals surface area (Å²) in [5, 5.41) is 31.2. The molecule has 1 aliphatic rings. The van der Waals surface area contributed by atoms with Crippen LogP contribution in [0.2, 0.25) is 0 Å². The zero-order valence-corrected chi connectivity index (χ0v) is 20.2. The largest absolute Gasteiger partial charge is 0.507 e. The highest BCUT2D eigenvalue weighted by Gasteiger charge is 2.39. The summed E-state index contributed by atoms with van der Waals surface area (Å²) in [4.78, 5) is 6.69. The van der Waals surface area contributed by atoms with E-state index in [4.69, 9.17) is 0 Å². The Morgan fingerprint density at radius 3 is 2.41 bits per heavy atom. The summed E-state index contributed by atoms with van der Waals surface area (Å²) in [5.74, 6) is 0.703. The SMILES string of the molecule is CN(c1ncc(-c2ccc(-c3ccc4cnnn4c3)cc2O)nn1)C1CC(C)(C)NC(C)(C)C1. The van der Waals surface area contributed by atoms with Crippen LogP contribution in [0.4, 0.5) is 5.95 Å². The Morgan fingerprint density at radius 2 is 1.74 bits per heavy atom. The van der Waals surface area contributed by atoms with Crippen LogP contribution in [0, 0.1) is 0 Å². The van der Waals surface area contributed by atoms with Gasteiger partial charge >= 0.3 is 0 Å². The van der Waals surface area contributed by atoms with Crippen molar-refractivity contribution in [3.8, 4) is 28.1 Å². The fourth-order valence-electron chi connectivity index (χ4n) is 5.18. The Kier molecular flexibility index (Phi) is 5.24. The number of hydrogen-bond acceptors (Lipinski definition) is 8. The topological polar surface area (TPSA) is 104 Å². The Hall–Kier alpha value is -3.59. The third-order valence-corrected chi connectivity index (χ3v) is 6.49. The highest BCUT2D eigenvalue weighted by atomic mass is 16.3. The Bertz CT molecular complexity index is 1310. The van der Waals surface area contributed by atoms with Gasteiger partial charge in [-0.2, -0.15) is 0 Å². The minimum Gasteiger partial charge on any atom is -0.507 e. The van der Waals surface area contributed by atoms with Crippen molar-refractivity contribution < 1.29 is 5.11 Å². The van der Waals surface area contributed by atoms with Crippen molar-refractivity contribution >= 4 is 11.5 Å². The molecule has 34 heavy (non-hydrogen) atoms. The molecule has 0 unspecified atom stereocenters. The van der Waals surface area contributed by atoms with Crippen LogP contribution in [-0.2, 0) is 0 Å². The molecule has 1 aliphatic heterocycles. The molecule has 3 aromatic heterocycles. The Labute approximate surface area is 198 Å². The van der Waals surface area contributed by atoms with Crippen LogP contribution >= 0.6 is 0 Å². The molecule has 0 bridgehead atoms. The maximum Gasteiger partial charge on any atom is 0.245 e. The Morgan fingerprint density at radius 1 is 1.00 bits per heavy atom. The van der Waals surface area contributed by atoms with Crippen LogP contribution in [0.15, 0.2) is 48.9 Å². The number of aromatic hydroxyl groups is 1. The number of benzene rings is 1. The quantitative estimate of drug-likeness (QED) is 0.477. The van der Waals surface area contributed by atoms with E-state index in [1.165, 1.54) is 0 Å². The number of phenolic OH excluding ortho intramolecular Hbond substituents is 1. The smallest absolute Gasteiger partial charge is 0.245 e. The predicted octanol–water partition coefficient (Wildman–Crippen LogP) is 3.70. The first-order valence-electron chi connectivity index (χ1n) is 11.5. The van der Waals surface area contributed by atoms with Gasteiger partial charge < -0.3 is 15.3 Å². The summed E-state index contributed by atoms with van der Waals surface area (Å²) in [6.07, 6.45) is 7.23. The maximum absolute atomic E-state index is 10.7. The lowest BCUT2D eigenvalue weighted by Crippen LogP contribution is -2.62. The highest BCUT2D eigenvalue weighted by Crippen LogP contribution is 2.34. The number of phenols is 1. The van der Waals surface area contributed by atoms with Gasteiger partial charge in [-0.05, 0) is 64.3 Å². The molecule has 1 aromatic carbocycles. The molecule has 0 amide bonds. The van der Waals surface area contributed by atoms with Crippen molar-refractivity contribution in [2.45, 2.75) is 57.7 Å². The third kappa shape index (κ3) is 4.31. The summed E-state index contributed by atoms with van der Waals surface area (Å²) in [7, 11) is 2.02. The van der Waals surface area contributed by atoms with Gasteiger partial charge in [0.15, 0.2) is 0 Å². The van der Waals surface area contributed by atoms with Crippen LogP contribution in [-0.4, -0.2) is 59.3 Å². The first-order chi connectivity index (χ1) is 16.1. The molecule has 4 heterocycles. The van der Waals surface area contributed by atoms with Gasteiger partial charge in [-0.1, -0.05) is 17.3 Å². The van der Waals surface area contributed by atoms with Crippen LogP contribution in [0.1, 0.15) is 40.5 Å². The van der Waals surface area contributed by atoms with E-state index in [1.54, 1.807) is 23.0 Å². The van der Waals surface area contributed by atoms with Gasteiger partial charge in [-0.15, -0.1) is 15.3 Å². The predicted molar refractivity (Wildman–Crippen MR) is 132 cm³/mol. The van der Waals surface area contributed by atoms with E-state index in [2.05, 4.69) is 63.4 Å². The lowest BCUT2D eigenvalue weighted by Gasteiger charge is -2.48. The maximum atomic E-state index is 10.7. The van der Waals surface area contributed by atoms with Crippen LogP contribution in [0.5, 0.6) is 5.75 Å². The van der Waals surface area contributed by atoms with Gasteiger partial charge in [0.25, 0.3) is 0 Å². The average molecular weight is 459 g/mol. The number of aromatic nitrogens is 6. The monoisotopic (exact) mass is 458 g/mol. The number of rotatable bonds is 4. The van der Waals surface area contributed by atoms with Gasteiger partial charge in [0, 0.05) is 41.5 Å². The fraction of sp³-hybridized carbons (Fsp3) is 0.400. The number of anilines is 1. The molecule has 1 fully saturated rings. The molecule has 0 radical (unpaired) electrons. The number of fused-ring (bicyclic) bond motifs is 1. The number of piperidine rings is 1. The van der Waals surface area contributed by atoms with Gasteiger partial charge in [-0.25, -0.2) is 9.50 Å². The molecule has 0 saturated carbocycles. The molecule has 176 valence electrons. The van der Waals surface area contributed by atoms with Gasteiger partial charge in [0.1, 0.15) is 11.4 Å². The third-order valence-electron chi connectivity index (χ3n) is 6.49. The van der Waals surface area contributed by atoms with E-state index in [1.807, 2.05) is 37.5 Å². The highest BCUT2D eigenvalue weighted by molar-refractivity contribution is 5.74. The molecule has 9 heteroatoms. The second-order valence-corrected chi connectivity index (χ2v) is 10.5. The minimum absolute atomic E-state index is 0.0278. The minimum atomic E-state index is 0.0278. The van der Waals surface area contributed by atoms with Gasteiger partial charge in [-0.3, -0.25) is 0 Å². The van der Waals surface area contributed by atoms with E-state index in [9.17, 15) is 5.11 Å². The zero-order chi connectivity index (χ0) is 24.1. The lowest BCUT2D eigenvalue weighted by molar-refractivity contribution is 0.160. The van der Waals surface area contributed by atoms with Crippen molar-refractivity contribution in [1.29, 1.82) is 0 Å². The molecule has 5 rings (SSSR count). The van der Waals surface area contributed by atoms with E-state index in [-0.39, 0.29) is 16.8 Å². The van der Waals surface area contributed by atoms with E-state index in [0.717, 1.165) is 29.5 Å². The summed E-state index contributed by atoms with van der Waals surface area (Å²) < 4.78 is 1.70. The molecular weight excluding hydrogens is 428 g/mol. The summed E-state index contributed by atoms with van der Waals surface area (Å²) in [5.41, 5.74) is 3.87. The molecule has 1 saturated heterocycles. The number of nitrogens with one attached hydrogen (secondary N) is 1. The molecule has 2 N–H and O–H groups in total. The molecule has 9 nitrogen and oxygen atoms in total. The molecular formula is C25H30N8O. The standard InChI is InChI=1S/C25H30N8O/c1-24(2)11-19(12-25(3,4)30-24)32(5)23-26-14-21(28-29-23)20-9-7-16(10-22(20)34)17-6-8-18-13-27-31-33(18)15-17/h6-10,13-15,19,30,34H,11-12H2,1-5H3. The lowest BCUT2D eigenvalue weighted by atomic mass is 9.79. The molecule has 4 aromatic rings. The van der Waals surface area contributed by atoms with Crippen LogP contribution in [0.25, 0.3) is 27.9 Å². The fourth-order valence-corrected chi connectivity index (χ4v) is 5.18. The van der Waals surface area contributed by atoms with Crippen LogP contribution < -0.4 is 10.2 Å². The second-order valence-electron chi connectivity index (χ2n) is 10.5. The average Bonchev–Trinajstić information content (AvgIpc) is 3.24. The number of pyridine rings is 1. The first-order valence-corrected chi connectivity index (χ1v) is 11.5. The summed E-state index contributed by atoms with van der Waals surface area (Å²) in [6, 6.07) is 9.71. The van der Waals surface area contributed by atoms with Crippen LogP contribution in [0.3, 0.4) is 0 Å². The summed E-state index contributed by atoms with van der Waals surface area (Å²) >= 11 is 0. The van der Waals surface area contributed by atoms with Crippen molar-refractivity contribution in [3.63, 3.8) is 0 Å². The van der Waals surface area contributed by atoms with Gasteiger partial charge in [0.2, 0.25) is 5.95 Å².